The Morgan fingerprint density at radius 1 is 1.45 bits per heavy atom. The molecule has 0 N–H and O–H groups in total. The number of carbonyl (C=O) groups excluding carboxylic acids is 1. The van der Waals surface area contributed by atoms with Crippen molar-refractivity contribution < 1.29 is 32.2 Å². The van der Waals surface area contributed by atoms with Crippen molar-refractivity contribution in [1.29, 1.82) is 0 Å². The van der Waals surface area contributed by atoms with Crippen molar-refractivity contribution in [3.8, 4) is 11.6 Å². The number of hydrogen-bond donors (Lipinski definition) is 0. The highest BCUT2D eigenvalue weighted by Crippen LogP contribution is 2.35. The summed E-state index contributed by atoms with van der Waals surface area (Å²) in [5.41, 5.74) is 0.235. The molecule has 5 nitrogen and oxygen atoms in total. The zero-order chi connectivity index (χ0) is 15.3. The molecule has 9 heteroatoms. The van der Waals surface area contributed by atoms with E-state index in [2.05, 4.69) is 9.72 Å². The minimum absolute atomic E-state index is 0.131. The van der Waals surface area contributed by atoms with Crippen LogP contribution in [0, 0.1) is 3.57 Å². The number of alkyl halides is 3. The standard InChI is InChI=1S/C11H11F3INO4/c1-3-19-8(17)5-6-4-7(15)9(10(16-6)18-2)20-11(12,13)14/h4H,3,5H2,1-2H3. The van der Waals surface area contributed by atoms with E-state index < -0.39 is 18.1 Å². The van der Waals surface area contributed by atoms with E-state index in [1.807, 2.05) is 0 Å². The van der Waals surface area contributed by atoms with Gasteiger partial charge in [-0.1, -0.05) is 0 Å². The molecule has 112 valence electrons. The third-order valence-electron chi connectivity index (χ3n) is 1.99. The smallest absolute Gasteiger partial charge is 0.478 e. The molecule has 0 radical (unpaired) electrons. The van der Waals surface area contributed by atoms with Crippen molar-refractivity contribution in [2.75, 3.05) is 13.7 Å². The summed E-state index contributed by atoms with van der Waals surface area (Å²) in [6.07, 6.45) is -5.01. The van der Waals surface area contributed by atoms with Crippen LogP contribution in [0.1, 0.15) is 12.6 Å². The zero-order valence-electron chi connectivity index (χ0n) is 10.6. The van der Waals surface area contributed by atoms with Crippen LogP contribution in [0.5, 0.6) is 11.6 Å². The van der Waals surface area contributed by atoms with Crippen LogP contribution >= 0.6 is 22.6 Å². The van der Waals surface area contributed by atoms with E-state index in [1.165, 1.54) is 6.07 Å². The fourth-order valence-corrected chi connectivity index (χ4v) is 2.02. The zero-order valence-corrected chi connectivity index (χ0v) is 12.7. The number of carbonyl (C=O) groups is 1. The molecule has 0 amide bonds. The molecule has 0 spiro atoms. The van der Waals surface area contributed by atoms with Crippen molar-refractivity contribution in [2.24, 2.45) is 0 Å². The highest BCUT2D eigenvalue weighted by Gasteiger charge is 2.34. The predicted molar refractivity (Wildman–Crippen MR) is 70.5 cm³/mol. The van der Waals surface area contributed by atoms with Crippen molar-refractivity contribution in [3.63, 3.8) is 0 Å². The maximum Gasteiger partial charge on any atom is 0.573 e. The minimum atomic E-state index is -4.85. The van der Waals surface area contributed by atoms with Crippen LogP contribution in [0.4, 0.5) is 13.2 Å². The number of esters is 1. The number of aromatic nitrogens is 1. The highest BCUT2D eigenvalue weighted by atomic mass is 127. The number of methoxy groups -OCH3 is 1. The fourth-order valence-electron chi connectivity index (χ4n) is 1.32. The molecule has 0 saturated carbocycles. The number of pyridine rings is 1. The largest absolute Gasteiger partial charge is 0.573 e. The van der Waals surface area contributed by atoms with Gasteiger partial charge in [-0.3, -0.25) is 4.79 Å². The van der Waals surface area contributed by atoms with Crippen LogP contribution in [0.15, 0.2) is 6.07 Å². The van der Waals surface area contributed by atoms with Gasteiger partial charge in [0, 0.05) is 0 Å². The van der Waals surface area contributed by atoms with Gasteiger partial charge in [0.15, 0.2) is 0 Å². The number of hydrogen-bond acceptors (Lipinski definition) is 5. The first-order chi connectivity index (χ1) is 9.26. The van der Waals surface area contributed by atoms with Gasteiger partial charge in [0.25, 0.3) is 5.88 Å². The number of ether oxygens (including phenoxy) is 3. The highest BCUT2D eigenvalue weighted by molar-refractivity contribution is 14.1. The van der Waals surface area contributed by atoms with E-state index in [0.29, 0.717) is 0 Å². The number of nitrogens with zero attached hydrogens (tertiary/aromatic N) is 1. The van der Waals surface area contributed by atoms with E-state index in [-0.39, 0.29) is 28.2 Å². The molecule has 1 heterocycles. The first-order valence-corrected chi connectivity index (χ1v) is 6.49. The van der Waals surface area contributed by atoms with Gasteiger partial charge in [0.1, 0.15) is 0 Å². The van der Waals surface area contributed by atoms with Crippen LogP contribution in [0.2, 0.25) is 0 Å². The Morgan fingerprint density at radius 3 is 2.60 bits per heavy atom. The maximum atomic E-state index is 12.3. The molecule has 0 aliphatic rings. The van der Waals surface area contributed by atoms with Gasteiger partial charge >= 0.3 is 12.3 Å². The fraction of sp³-hybridized carbons (Fsp3) is 0.455. The van der Waals surface area contributed by atoms with E-state index in [0.717, 1.165) is 7.11 Å². The van der Waals surface area contributed by atoms with Crippen LogP contribution in [0.25, 0.3) is 0 Å². The average molecular weight is 405 g/mol. The second kappa shape index (κ2) is 6.95. The maximum absolute atomic E-state index is 12.3. The quantitative estimate of drug-likeness (QED) is 0.557. The van der Waals surface area contributed by atoms with E-state index in [4.69, 9.17) is 9.47 Å². The van der Waals surface area contributed by atoms with Crippen molar-refractivity contribution in [2.45, 2.75) is 19.7 Å². The van der Waals surface area contributed by atoms with Crippen molar-refractivity contribution in [1.82, 2.24) is 4.98 Å². The molecular formula is C11H11F3INO4. The van der Waals surface area contributed by atoms with Crippen LogP contribution in [0.3, 0.4) is 0 Å². The molecule has 20 heavy (non-hydrogen) atoms. The summed E-state index contributed by atoms with van der Waals surface area (Å²) in [7, 11) is 1.16. The van der Waals surface area contributed by atoms with Gasteiger partial charge in [0.05, 0.1) is 29.4 Å². The Morgan fingerprint density at radius 2 is 2.10 bits per heavy atom. The normalized spacial score (nSPS) is 11.1. The topological polar surface area (TPSA) is 57.7 Å². The van der Waals surface area contributed by atoms with Gasteiger partial charge in [-0.2, -0.15) is 0 Å². The molecule has 1 aromatic heterocycles. The van der Waals surface area contributed by atoms with Crippen LogP contribution in [-0.2, 0) is 16.0 Å². The Labute approximate surface area is 126 Å². The molecule has 0 bridgehead atoms. The Bertz CT molecular complexity index is 493. The summed E-state index contributed by atoms with van der Waals surface area (Å²) in [5.74, 6) is -1.40. The molecule has 0 atom stereocenters. The summed E-state index contributed by atoms with van der Waals surface area (Å²) in [6, 6.07) is 1.31. The monoisotopic (exact) mass is 405 g/mol. The number of rotatable bonds is 5. The first-order valence-electron chi connectivity index (χ1n) is 5.41. The van der Waals surface area contributed by atoms with Gasteiger partial charge < -0.3 is 14.2 Å². The molecule has 0 saturated heterocycles. The summed E-state index contributed by atoms with van der Waals surface area (Å²) >= 11 is 1.65. The van der Waals surface area contributed by atoms with E-state index >= 15 is 0 Å². The minimum Gasteiger partial charge on any atom is -0.478 e. The summed E-state index contributed by atoms with van der Waals surface area (Å²) in [5, 5.41) is 0. The lowest BCUT2D eigenvalue weighted by molar-refractivity contribution is -0.275. The number of halogens is 4. The van der Waals surface area contributed by atoms with Gasteiger partial charge in [-0.05, 0) is 35.6 Å². The Hall–Kier alpha value is -1.26. The summed E-state index contributed by atoms with van der Waals surface area (Å²) in [6.45, 7) is 1.86. The van der Waals surface area contributed by atoms with Gasteiger partial charge in [0.2, 0.25) is 5.75 Å². The predicted octanol–water partition coefficient (Wildman–Crippen LogP) is 2.70. The summed E-state index contributed by atoms with van der Waals surface area (Å²) < 4.78 is 50.3. The Balaban J connectivity index is 3.04. The Kier molecular flexibility index (Phi) is 5.84. The molecule has 1 aromatic rings. The van der Waals surface area contributed by atoms with Crippen molar-refractivity contribution in [3.05, 3.63) is 15.3 Å². The van der Waals surface area contributed by atoms with Gasteiger partial charge in [-0.25, -0.2) is 4.98 Å². The third kappa shape index (κ3) is 5.02. The molecule has 0 aliphatic heterocycles. The second-order valence-corrected chi connectivity index (χ2v) is 4.63. The average Bonchev–Trinajstić information content (AvgIpc) is 2.31. The van der Waals surface area contributed by atoms with Crippen LogP contribution in [-0.4, -0.2) is 31.0 Å². The lowest BCUT2D eigenvalue weighted by Crippen LogP contribution is -2.19. The van der Waals surface area contributed by atoms with Crippen molar-refractivity contribution >= 4 is 28.6 Å². The van der Waals surface area contributed by atoms with E-state index in [1.54, 1.807) is 29.5 Å². The molecule has 0 aromatic carbocycles. The molecular weight excluding hydrogens is 394 g/mol. The SMILES string of the molecule is CCOC(=O)Cc1cc(I)c(OC(F)(F)F)c(OC)n1. The molecule has 0 unspecified atom stereocenters. The molecule has 1 rings (SSSR count). The first kappa shape index (κ1) is 16.8. The lowest BCUT2D eigenvalue weighted by Gasteiger charge is -2.14. The second-order valence-electron chi connectivity index (χ2n) is 3.46. The summed E-state index contributed by atoms with van der Waals surface area (Å²) in [4.78, 5) is 15.1. The lowest BCUT2D eigenvalue weighted by atomic mass is 10.2. The van der Waals surface area contributed by atoms with Crippen LogP contribution < -0.4 is 9.47 Å². The van der Waals surface area contributed by atoms with E-state index in [9.17, 15) is 18.0 Å². The molecule has 0 fully saturated rings. The third-order valence-corrected chi connectivity index (χ3v) is 2.79. The molecule has 0 aliphatic carbocycles. The van der Waals surface area contributed by atoms with Gasteiger partial charge in [-0.15, -0.1) is 13.2 Å².